The maximum Gasteiger partial charge on any atom is 0.0629 e. The van der Waals surface area contributed by atoms with Gasteiger partial charge in [-0.05, 0) is 85.1 Å². The van der Waals surface area contributed by atoms with Crippen LogP contribution in [0.3, 0.4) is 0 Å². The summed E-state index contributed by atoms with van der Waals surface area (Å²) >= 11 is 1.96. The summed E-state index contributed by atoms with van der Waals surface area (Å²) in [6.45, 7) is 4.84. The third kappa shape index (κ3) is 3.41. The molecule has 0 aliphatic heterocycles. The van der Waals surface area contributed by atoms with Crippen molar-refractivity contribution in [3.05, 3.63) is 163 Å². The average molecular weight is 666 g/mol. The first-order valence-corrected chi connectivity index (χ1v) is 18.7. The fourth-order valence-electron chi connectivity index (χ4n) is 9.79. The quantitative estimate of drug-likeness (QED) is 0.173. The molecule has 51 heavy (non-hydrogen) atoms. The summed E-state index contributed by atoms with van der Waals surface area (Å²) in [6.07, 6.45) is 0. The number of fused-ring (bicyclic) bond motifs is 15. The molecule has 0 atom stereocenters. The van der Waals surface area contributed by atoms with E-state index in [0.717, 1.165) is 0 Å². The van der Waals surface area contributed by atoms with Crippen molar-refractivity contribution in [3.8, 4) is 50.2 Å². The predicted octanol–water partition coefficient (Wildman–Crippen LogP) is 13.9. The van der Waals surface area contributed by atoms with Crippen LogP contribution in [0.4, 0.5) is 0 Å². The molecule has 0 bridgehead atoms. The van der Waals surface area contributed by atoms with E-state index < -0.39 is 0 Å². The van der Waals surface area contributed by atoms with Crippen molar-refractivity contribution in [2.24, 2.45) is 0 Å². The van der Waals surface area contributed by atoms with Gasteiger partial charge in [0.15, 0.2) is 0 Å². The number of thiophene rings is 1. The van der Waals surface area contributed by atoms with Gasteiger partial charge in [0.2, 0.25) is 0 Å². The number of benzene rings is 8. The number of rotatable bonds is 2. The third-order valence-corrected chi connectivity index (χ3v) is 13.1. The van der Waals surface area contributed by atoms with E-state index in [1.807, 2.05) is 11.3 Å². The van der Waals surface area contributed by atoms with Crippen molar-refractivity contribution in [2.45, 2.75) is 19.3 Å². The van der Waals surface area contributed by atoms with Crippen molar-refractivity contribution in [1.82, 2.24) is 4.57 Å². The molecule has 0 fully saturated rings. The highest BCUT2D eigenvalue weighted by Gasteiger charge is 2.40. The number of hydrogen-bond donors (Lipinski definition) is 0. The van der Waals surface area contributed by atoms with Crippen LogP contribution in [0.15, 0.2) is 152 Å². The highest BCUT2D eigenvalue weighted by Crippen LogP contribution is 2.59. The number of hydrogen-bond acceptors (Lipinski definition) is 1. The molecule has 0 N–H and O–H groups in total. The van der Waals surface area contributed by atoms with Crippen LogP contribution in [0.2, 0.25) is 0 Å². The van der Waals surface area contributed by atoms with E-state index in [0.29, 0.717) is 0 Å². The molecule has 0 saturated carbocycles. The molecule has 12 rings (SSSR count). The van der Waals surface area contributed by atoms with Gasteiger partial charge >= 0.3 is 0 Å². The van der Waals surface area contributed by atoms with Gasteiger partial charge in [0.25, 0.3) is 0 Å². The predicted molar refractivity (Wildman–Crippen MR) is 219 cm³/mol. The van der Waals surface area contributed by atoms with E-state index in [9.17, 15) is 0 Å². The lowest BCUT2D eigenvalue weighted by atomic mass is 9.81. The van der Waals surface area contributed by atoms with Crippen LogP contribution >= 0.6 is 11.3 Å². The summed E-state index contributed by atoms with van der Waals surface area (Å²) in [6, 6.07) is 56.7. The molecule has 238 valence electrons. The lowest BCUT2D eigenvalue weighted by molar-refractivity contribution is 0.667. The Morgan fingerprint density at radius 3 is 1.92 bits per heavy atom. The van der Waals surface area contributed by atoms with Crippen LogP contribution in [0.5, 0.6) is 0 Å². The molecule has 8 aromatic carbocycles. The Labute approximate surface area is 299 Å². The number of nitrogens with zero attached hydrogens (tertiary/aromatic N) is 1. The van der Waals surface area contributed by atoms with Gasteiger partial charge in [0.1, 0.15) is 0 Å². The lowest BCUT2D eigenvalue weighted by Gasteiger charge is -2.22. The summed E-state index contributed by atoms with van der Waals surface area (Å²) in [5.74, 6) is 0. The summed E-state index contributed by atoms with van der Waals surface area (Å²) in [5.41, 5.74) is 17.1. The minimum absolute atomic E-state index is 0.125. The first-order valence-electron chi connectivity index (χ1n) is 17.9. The Hall–Kier alpha value is -5.96. The van der Waals surface area contributed by atoms with Crippen molar-refractivity contribution < 1.29 is 0 Å². The van der Waals surface area contributed by atoms with Crippen molar-refractivity contribution in [3.63, 3.8) is 0 Å². The summed E-state index contributed by atoms with van der Waals surface area (Å²) in [7, 11) is 0. The van der Waals surface area contributed by atoms with Crippen molar-refractivity contribution in [1.29, 1.82) is 0 Å². The average Bonchev–Trinajstić information content (AvgIpc) is 3.89. The van der Waals surface area contributed by atoms with Gasteiger partial charge in [-0.15, -0.1) is 11.3 Å². The fraction of sp³-hybridized carbons (Fsp3) is 0.0612. The second kappa shape index (κ2) is 9.63. The van der Waals surface area contributed by atoms with E-state index in [1.165, 1.54) is 114 Å². The van der Waals surface area contributed by atoms with Gasteiger partial charge in [0.05, 0.1) is 11.0 Å². The van der Waals surface area contributed by atoms with Crippen LogP contribution in [0, 0.1) is 0 Å². The molecule has 10 aromatic rings. The fourth-order valence-corrected chi connectivity index (χ4v) is 11.2. The highest BCUT2D eigenvalue weighted by molar-refractivity contribution is 7.26. The van der Waals surface area contributed by atoms with E-state index in [1.54, 1.807) is 0 Å². The molecular weight excluding hydrogens is 635 g/mol. The minimum atomic E-state index is -0.125. The first-order chi connectivity index (χ1) is 25.1. The molecule has 2 heteroatoms. The number of para-hydroxylation sites is 1. The lowest BCUT2D eigenvalue weighted by Crippen LogP contribution is -2.15. The highest BCUT2D eigenvalue weighted by atomic mass is 32.1. The van der Waals surface area contributed by atoms with E-state index in [-0.39, 0.29) is 5.41 Å². The number of aromatic nitrogens is 1. The van der Waals surface area contributed by atoms with E-state index >= 15 is 0 Å². The molecule has 0 spiro atoms. The maximum atomic E-state index is 2.56. The molecule has 2 aromatic heterocycles. The largest absolute Gasteiger partial charge is 0.309 e. The molecule has 0 radical (unpaired) electrons. The molecule has 0 saturated heterocycles. The Balaban J connectivity index is 1.16. The van der Waals surface area contributed by atoms with Gasteiger partial charge in [-0.1, -0.05) is 141 Å². The molecule has 0 amide bonds. The molecule has 2 aliphatic rings. The molecular formula is C49H31NS. The monoisotopic (exact) mass is 665 g/mol. The van der Waals surface area contributed by atoms with Crippen molar-refractivity contribution >= 4 is 64.1 Å². The van der Waals surface area contributed by atoms with Gasteiger partial charge in [-0.25, -0.2) is 0 Å². The Morgan fingerprint density at radius 2 is 1.10 bits per heavy atom. The Morgan fingerprint density at radius 1 is 0.471 bits per heavy atom. The van der Waals surface area contributed by atoms with E-state index in [2.05, 4.69) is 170 Å². The standard InChI is InChI=1S/C49H31NS/c1-49(2)39-19-8-5-14-36(39)45-46(49)48-44(38-16-7-10-21-41(38)51-48)43-37-15-6-9-20-40(37)50(47(43)45)29-24-22-28(23-25-29)30-26-27-35-32-13-4-3-12-31(32)34-18-11-17-33(30)42(34)35/h3-27H,1-2H3. The van der Waals surface area contributed by atoms with Crippen LogP contribution in [-0.4, -0.2) is 4.57 Å². The van der Waals surface area contributed by atoms with Crippen LogP contribution in [0.25, 0.3) is 103 Å². The maximum absolute atomic E-state index is 2.56. The Kier molecular flexibility index (Phi) is 5.25. The third-order valence-electron chi connectivity index (χ3n) is 11.9. The molecule has 2 heterocycles. The van der Waals surface area contributed by atoms with Crippen molar-refractivity contribution in [2.75, 3.05) is 0 Å². The van der Waals surface area contributed by atoms with Crippen LogP contribution < -0.4 is 0 Å². The zero-order valence-corrected chi connectivity index (χ0v) is 29.1. The van der Waals surface area contributed by atoms with E-state index in [4.69, 9.17) is 0 Å². The summed E-state index contributed by atoms with van der Waals surface area (Å²) < 4.78 is 5.33. The molecule has 1 nitrogen and oxygen atoms in total. The molecule has 0 unspecified atom stereocenters. The van der Waals surface area contributed by atoms with Gasteiger partial charge in [0, 0.05) is 47.6 Å². The zero-order chi connectivity index (χ0) is 33.6. The van der Waals surface area contributed by atoms with Crippen LogP contribution in [-0.2, 0) is 5.41 Å². The normalized spacial score (nSPS) is 13.8. The van der Waals surface area contributed by atoms with Gasteiger partial charge in [-0.2, -0.15) is 0 Å². The van der Waals surface area contributed by atoms with Gasteiger partial charge < -0.3 is 4.57 Å². The first kappa shape index (κ1) is 27.8. The minimum Gasteiger partial charge on any atom is -0.309 e. The van der Waals surface area contributed by atoms with Crippen LogP contribution in [0.1, 0.15) is 25.0 Å². The summed E-state index contributed by atoms with van der Waals surface area (Å²) in [5, 5.41) is 8.10. The molecule has 2 aliphatic carbocycles. The second-order valence-corrected chi connectivity index (χ2v) is 15.8. The summed E-state index contributed by atoms with van der Waals surface area (Å²) in [4.78, 5) is 0. The topological polar surface area (TPSA) is 4.93 Å². The Bertz CT molecular complexity index is 3120. The van der Waals surface area contributed by atoms with Gasteiger partial charge in [-0.3, -0.25) is 0 Å². The SMILES string of the molecule is CC1(C)c2ccccc2-c2c1c1sc3ccccc3c1c1c3ccccc3n(-c3ccc(-c4ccc5c6c(cccc46)-c4ccccc4-5)cc3)c21. The smallest absolute Gasteiger partial charge is 0.0629 e. The second-order valence-electron chi connectivity index (χ2n) is 14.8. The zero-order valence-electron chi connectivity index (χ0n) is 28.3.